The van der Waals surface area contributed by atoms with Gasteiger partial charge >= 0.3 is 0 Å². The van der Waals surface area contributed by atoms with Gasteiger partial charge in [0.25, 0.3) is 0 Å². The minimum absolute atomic E-state index is 0.0940. The molecule has 0 saturated carbocycles. The van der Waals surface area contributed by atoms with Crippen LogP contribution in [0, 0.1) is 5.92 Å². The van der Waals surface area contributed by atoms with Gasteiger partial charge in [-0.2, -0.15) is 0 Å². The Bertz CT molecular complexity index is 870. The van der Waals surface area contributed by atoms with Crippen molar-refractivity contribution < 1.29 is 9.53 Å². The van der Waals surface area contributed by atoms with E-state index in [1.807, 2.05) is 23.1 Å². The summed E-state index contributed by atoms with van der Waals surface area (Å²) in [5.74, 6) is 0.363. The van der Waals surface area contributed by atoms with E-state index in [1.54, 1.807) is 6.92 Å². The molecule has 1 fully saturated rings. The van der Waals surface area contributed by atoms with Gasteiger partial charge < -0.3 is 19.9 Å². The first-order valence-electron chi connectivity index (χ1n) is 10.6. The monoisotopic (exact) mass is 393 g/mol. The molecule has 1 N–H and O–H groups in total. The van der Waals surface area contributed by atoms with Crippen LogP contribution in [0.1, 0.15) is 39.3 Å². The quantitative estimate of drug-likeness (QED) is 0.836. The van der Waals surface area contributed by atoms with Gasteiger partial charge in [0.15, 0.2) is 0 Å². The molecule has 1 unspecified atom stereocenters. The highest BCUT2D eigenvalue weighted by molar-refractivity contribution is 5.94. The Morgan fingerprint density at radius 2 is 1.86 bits per heavy atom. The van der Waals surface area contributed by atoms with Crippen molar-refractivity contribution in [1.82, 2.24) is 0 Å². The van der Waals surface area contributed by atoms with Crippen LogP contribution in [0.5, 0.6) is 0 Å². The summed E-state index contributed by atoms with van der Waals surface area (Å²) in [6.45, 7) is 10.7. The van der Waals surface area contributed by atoms with Gasteiger partial charge in [0, 0.05) is 54.6 Å². The first-order chi connectivity index (χ1) is 14.0. The standard InChI is InChI=1S/C24H31N3O2/c1-16-15-26(12-13-29-16)21-10-11-23-22(14-21)24(25-20-8-6-5-7-9-20)17(2)18(3)27(23)19(4)28/h5-11,14,16-18,24-25H,12-13,15H2,1-4H3/t16?,17-,18-,24+/m0/s1. The lowest BCUT2D eigenvalue weighted by atomic mass is 9.82. The van der Waals surface area contributed by atoms with Gasteiger partial charge in [-0.05, 0) is 44.2 Å². The van der Waals surface area contributed by atoms with Crippen molar-refractivity contribution in [3.05, 3.63) is 54.1 Å². The number of nitrogens with zero attached hydrogens (tertiary/aromatic N) is 2. The number of nitrogens with one attached hydrogen (secondary N) is 1. The molecule has 5 heteroatoms. The molecule has 4 atom stereocenters. The summed E-state index contributed by atoms with van der Waals surface area (Å²) >= 11 is 0. The molecule has 0 radical (unpaired) electrons. The van der Waals surface area contributed by atoms with E-state index in [-0.39, 0.29) is 30.0 Å². The first kappa shape index (κ1) is 19.8. The Morgan fingerprint density at radius 3 is 2.55 bits per heavy atom. The van der Waals surface area contributed by atoms with Crippen molar-refractivity contribution in [2.45, 2.75) is 45.9 Å². The summed E-state index contributed by atoms with van der Waals surface area (Å²) in [7, 11) is 0. The smallest absolute Gasteiger partial charge is 0.224 e. The predicted molar refractivity (Wildman–Crippen MR) is 119 cm³/mol. The number of para-hydroxylation sites is 1. The van der Waals surface area contributed by atoms with E-state index < -0.39 is 0 Å². The number of morpholine rings is 1. The molecule has 2 aliphatic rings. The molecular formula is C24H31N3O2. The molecule has 0 aliphatic carbocycles. The zero-order valence-electron chi connectivity index (χ0n) is 17.8. The van der Waals surface area contributed by atoms with Gasteiger partial charge in [0.2, 0.25) is 5.91 Å². The van der Waals surface area contributed by atoms with Crippen LogP contribution in [-0.2, 0) is 9.53 Å². The van der Waals surface area contributed by atoms with Crippen molar-refractivity contribution in [2.24, 2.45) is 5.92 Å². The number of amides is 1. The molecule has 0 spiro atoms. The fraction of sp³-hybridized carbons (Fsp3) is 0.458. The van der Waals surface area contributed by atoms with Gasteiger partial charge in [0.05, 0.1) is 18.8 Å². The summed E-state index contributed by atoms with van der Waals surface area (Å²) in [5, 5.41) is 3.73. The van der Waals surface area contributed by atoms with Crippen LogP contribution in [0.25, 0.3) is 0 Å². The molecule has 1 saturated heterocycles. The maximum absolute atomic E-state index is 12.5. The van der Waals surface area contributed by atoms with E-state index in [9.17, 15) is 4.79 Å². The van der Waals surface area contributed by atoms with Crippen LogP contribution in [0.15, 0.2) is 48.5 Å². The third kappa shape index (κ3) is 3.84. The van der Waals surface area contributed by atoms with Crippen molar-refractivity contribution >= 4 is 23.0 Å². The molecule has 5 nitrogen and oxygen atoms in total. The van der Waals surface area contributed by atoms with Crippen LogP contribution in [0.3, 0.4) is 0 Å². The predicted octanol–water partition coefficient (Wildman–Crippen LogP) is 4.46. The van der Waals surface area contributed by atoms with Crippen molar-refractivity contribution in [3.8, 4) is 0 Å². The fourth-order valence-electron chi connectivity index (χ4n) is 4.66. The second-order valence-electron chi connectivity index (χ2n) is 8.35. The number of hydrogen-bond acceptors (Lipinski definition) is 4. The molecule has 4 rings (SSSR count). The molecule has 2 aromatic carbocycles. The van der Waals surface area contributed by atoms with Crippen molar-refractivity contribution in [2.75, 3.05) is 34.8 Å². The SMILES string of the molecule is CC(=O)N1c2ccc(N3CCOC(C)C3)cc2[C@H](Nc2ccccc2)[C@@H](C)[C@@H]1C. The van der Waals surface area contributed by atoms with Crippen molar-refractivity contribution in [1.29, 1.82) is 0 Å². The topological polar surface area (TPSA) is 44.8 Å². The van der Waals surface area contributed by atoms with E-state index in [0.717, 1.165) is 31.1 Å². The number of anilines is 3. The first-order valence-corrected chi connectivity index (χ1v) is 10.6. The van der Waals surface area contributed by atoms with Gasteiger partial charge in [0.1, 0.15) is 0 Å². The minimum atomic E-state index is 0.0940. The van der Waals surface area contributed by atoms with Crippen molar-refractivity contribution in [3.63, 3.8) is 0 Å². The molecular weight excluding hydrogens is 362 g/mol. The zero-order valence-corrected chi connectivity index (χ0v) is 17.8. The van der Waals surface area contributed by atoms with Gasteiger partial charge in [-0.3, -0.25) is 4.79 Å². The van der Waals surface area contributed by atoms with Crippen LogP contribution in [-0.4, -0.2) is 37.7 Å². The Labute approximate surface area is 173 Å². The summed E-state index contributed by atoms with van der Waals surface area (Å²) in [5.41, 5.74) is 4.50. The lowest BCUT2D eigenvalue weighted by molar-refractivity contribution is -0.117. The van der Waals surface area contributed by atoms with E-state index in [0.29, 0.717) is 0 Å². The number of fused-ring (bicyclic) bond motifs is 1. The minimum Gasteiger partial charge on any atom is -0.378 e. The third-order valence-electron chi connectivity index (χ3n) is 6.34. The molecule has 0 bridgehead atoms. The fourth-order valence-corrected chi connectivity index (χ4v) is 4.66. The number of carbonyl (C=O) groups is 1. The second-order valence-corrected chi connectivity index (χ2v) is 8.35. The Hall–Kier alpha value is -2.53. The average Bonchev–Trinajstić information content (AvgIpc) is 2.72. The molecule has 154 valence electrons. The second kappa shape index (κ2) is 8.07. The summed E-state index contributed by atoms with van der Waals surface area (Å²) < 4.78 is 5.72. The van der Waals surface area contributed by atoms with E-state index >= 15 is 0 Å². The largest absolute Gasteiger partial charge is 0.378 e. The van der Waals surface area contributed by atoms with Crippen LogP contribution >= 0.6 is 0 Å². The normalized spacial score (nSPS) is 26.8. The lowest BCUT2D eigenvalue weighted by Gasteiger charge is -2.45. The average molecular weight is 394 g/mol. The van der Waals surface area contributed by atoms with E-state index in [4.69, 9.17) is 4.74 Å². The molecule has 29 heavy (non-hydrogen) atoms. The van der Waals surface area contributed by atoms with Crippen LogP contribution in [0.4, 0.5) is 17.1 Å². The lowest BCUT2D eigenvalue weighted by Crippen LogP contribution is -2.48. The molecule has 1 amide bonds. The van der Waals surface area contributed by atoms with Crippen LogP contribution < -0.4 is 15.1 Å². The zero-order chi connectivity index (χ0) is 20.5. The van der Waals surface area contributed by atoms with Crippen LogP contribution in [0.2, 0.25) is 0 Å². The number of rotatable bonds is 3. The number of ether oxygens (including phenoxy) is 1. The van der Waals surface area contributed by atoms with E-state index in [2.05, 4.69) is 61.3 Å². The molecule has 2 aromatic rings. The number of benzene rings is 2. The molecule has 2 heterocycles. The molecule has 2 aliphatic heterocycles. The highest BCUT2D eigenvalue weighted by atomic mass is 16.5. The van der Waals surface area contributed by atoms with E-state index in [1.165, 1.54) is 11.3 Å². The van der Waals surface area contributed by atoms with Gasteiger partial charge in [-0.25, -0.2) is 0 Å². The Kier molecular flexibility index (Phi) is 5.50. The Balaban J connectivity index is 1.76. The maximum Gasteiger partial charge on any atom is 0.224 e. The van der Waals surface area contributed by atoms with Gasteiger partial charge in [-0.1, -0.05) is 25.1 Å². The third-order valence-corrected chi connectivity index (χ3v) is 6.34. The highest BCUT2D eigenvalue weighted by Crippen LogP contribution is 2.44. The number of hydrogen-bond donors (Lipinski definition) is 1. The van der Waals surface area contributed by atoms with Gasteiger partial charge in [-0.15, -0.1) is 0 Å². The number of carbonyl (C=O) groups excluding carboxylic acids is 1. The summed E-state index contributed by atoms with van der Waals surface area (Å²) in [6, 6.07) is 17.1. The maximum atomic E-state index is 12.5. The summed E-state index contributed by atoms with van der Waals surface area (Å²) in [6.07, 6.45) is 0.227. The Morgan fingerprint density at radius 1 is 1.10 bits per heavy atom. The highest BCUT2D eigenvalue weighted by Gasteiger charge is 2.38. The molecule has 0 aromatic heterocycles. The summed E-state index contributed by atoms with van der Waals surface area (Å²) in [4.78, 5) is 16.8.